The lowest BCUT2D eigenvalue weighted by Gasteiger charge is -2.11. The second kappa shape index (κ2) is 10.3. The second-order valence-electron chi connectivity index (χ2n) is 8.86. The van der Waals surface area contributed by atoms with E-state index < -0.39 is 0 Å². The van der Waals surface area contributed by atoms with Crippen LogP contribution in [0.25, 0.3) is 56.2 Å². The minimum Gasteiger partial charge on any atom is -0.228 e. The van der Waals surface area contributed by atoms with Gasteiger partial charge in [-0.3, -0.25) is 0 Å². The number of nitrogens with zero attached hydrogens (tertiary/aromatic N) is 2. The van der Waals surface area contributed by atoms with E-state index in [4.69, 9.17) is 9.97 Å². The van der Waals surface area contributed by atoms with Gasteiger partial charge in [0.1, 0.15) is 0 Å². The van der Waals surface area contributed by atoms with Gasteiger partial charge >= 0.3 is 0 Å². The van der Waals surface area contributed by atoms with Crippen molar-refractivity contribution in [1.82, 2.24) is 9.97 Å². The van der Waals surface area contributed by atoms with Gasteiger partial charge in [-0.05, 0) is 52.6 Å². The van der Waals surface area contributed by atoms with E-state index in [1.807, 2.05) is 24.3 Å². The fraction of sp³-hybridized carbons (Fsp3) is 0. The molecule has 0 radical (unpaired) electrons. The van der Waals surface area contributed by atoms with Crippen molar-refractivity contribution in [1.29, 1.82) is 0 Å². The normalized spacial score (nSPS) is 10.8. The van der Waals surface area contributed by atoms with E-state index in [1.54, 1.807) is 0 Å². The minimum absolute atomic E-state index is 0.707. The van der Waals surface area contributed by atoms with Crippen molar-refractivity contribution < 1.29 is 0 Å². The Hall–Kier alpha value is -4.34. The zero-order chi connectivity index (χ0) is 25.0. The molecule has 3 heteroatoms. The molecule has 0 atom stereocenters. The largest absolute Gasteiger partial charge is 0.228 e. The van der Waals surface area contributed by atoms with Gasteiger partial charge in [0.25, 0.3) is 0 Å². The Kier molecular flexibility index (Phi) is 6.45. The lowest BCUT2D eigenvalue weighted by atomic mass is 10.00. The monoisotopic (exact) mass is 538 g/mol. The summed E-state index contributed by atoms with van der Waals surface area (Å²) in [5, 5.41) is 0. The summed E-state index contributed by atoms with van der Waals surface area (Å²) in [6, 6.07) is 48.2. The predicted molar refractivity (Wildman–Crippen MR) is 157 cm³/mol. The number of benzene rings is 5. The topological polar surface area (TPSA) is 25.8 Å². The van der Waals surface area contributed by atoms with Crippen LogP contribution in [0.5, 0.6) is 0 Å². The minimum atomic E-state index is 0.707. The van der Waals surface area contributed by atoms with Gasteiger partial charge in [-0.15, -0.1) is 0 Å². The van der Waals surface area contributed by atoms with Crippen LogP contribution in [-0.4, -0.2) is 9.97 Å². The molecule has 0 saturated carbocycles. The average Bonchev–Trinajstić information content (AvgIpc) is 2.98. The predicted octanol–water partition coefficient (Wildman–Crippen LogP) is 9.57. The molecule has 37 heavy (non-hydrogen) atoms. The molecule has 6 aromatic rings. The highest BCUT2D eigenvalue weighted by atomic mass is 79.9. The Bertz CT molecular complexity index is 1560. The van der Waals surface area contributed by atoms with E-state index in [-0.39, 0.29) is 0 Å². The van der Waals surface area contributed by atoms with E-state index in [2.05, 4.69) is 131 Å². The maximum Gasteiger partial charge on any atom is 0.160 e. The van der Waals surface area contributed by atoms with Gasteiger partial charge in [0.2, 0.25) is 0 Å². The maximum atomic E-state index is 5.07. The van der Waals surface area contributed by atoms with Gasteiger partial charge in [0, 0.05) is 21.2 Å². The summed E-state index contributed by atoms with van der Waals surface area (Å²) in [4.78, 5) is 10.1. The van der Waals surface area contributed by atoms with Gasteiger partial charge in [0.15, 0.2) is 5.82 Å². The molecule has 6 rings (SSSR count). The van der Waals surface area contributed by atoms with Gasteiger partial charge < -0.3 is 0 Å². The summed E-state index contributed by atoms with van der Waals surface area (Å²) in [5.74, 6) is 0.707. The highest BCUT2D eigenvalue weighted by Crippen LogP contribution is 2.32. The van der Waals surface area contributed by atoms with Crippen molar-refractivity contribution in [3.8, 4) is 56.2 Å². The Labute approximate surface area is 225 Å². The Morgan fingerprint density at radius 3 is 1.41 bits per heavy atom. The van der Waals surface area contributed by atoms with Gasteiger partial charge in [-0.1, -0.05) is 125 Å². The maximum absolute atomic E-state index is 5.07. The first-order valence-corrected chi connectivity index (χ1v) is 13.0. The van der Waals surface area contributed by atoms with E-state index in [9.17, 15) is 0 Å². The van der Waals surface area contributed by atoms with Crippen molar-refractivity contribution >= 4 is 15.9 Å². The molecule has 0 aliphatic rings. The van der Waals surface area contributed by atoms with Crippen molar-refractivity contribution in [2.24, 2.45) is 0 Å². The van der Waals surface area contributed by atoms with Gasteiger partial charge in [-0.25, -0.2) is 9.97 Å². The van der Waals surface area contributed by atoms with Gasteiger partial charge in [0.05, 0.1) is 11.4 Å². The van der Waals surface area contributed by atoms with Crippen LogP contribution in [0.3, 0.4) is 0 Å². The lowest BCUT2D eigenvalue weighted by Crippen LogP contribution is -1.96. The van der Waals surface area contributed by atoms with Crippen LogP contribution >= 0.6 is 15.9 Å². The molecule has 0 unspecified atom stereocenters. The summed E-state index contributed by atoms with van der Waals surface area (Å²) < 4.78 is 1.04. The lowest BCUT2D eigenvalue weighted by molar-refractivity contribution is 1.18. The molecular weight excluding hydrogens is 516 g/mol. The molecule has 2 nitrogen and oxygen atoms in total. The Morgan fingerprint density at radius 2 is 0.811 bits per heavy atom. The molecule has 1 heterocycles. The smallest absolute Gasteiger partial charge is 0.160 e. The molecule has 0 fully saturated rings. The van der Waals surface area contributed by atoms with Crippen LogP contribution in [0.15, 0.2) is 144 Å². The van der Waals surface area contributed by atoms with Crippen LogP contribution < -0.4 is 0 Å². The third-order valence-electron chi connectivity index (χ3n) is 6.36. The fourth-order valence-electron chi connectivity index (χ4n) is 4.45. The summed E-state index contributed by atoms with van der Waals surface area (Å²) >= 11 is 3.55. The first-order chi connectivity index (χ1) is 18.2. The van der Waals surface area contributed by atoms with E-state index in [1.165, 1.54) is 11.1 Å². The van der Waals surface area contributed by atoms with Crippen molar-refractivity contribution in [2.75, 3.05) is 0 Å². The molecular formula is C34H23BrN2. The Morgan fingerprint density at radius 1 is 0.351 bits per heavy atom. The molecule has 1 aromatic heterocycles. The zero-order valence-electron chi connectivity index (χ0n) is 20.1. The number of halogens is 1. The molecule has 0 saturated heterocycles. The van der Waals surface area contributed by atoms with Crippen molar-refractivity contribution in [3.05, 3.63) is 144 Å². The third-order valence-corrected chi connectivity index (χ3v) is 6.89. The van der Waals surface area contributed by atoms with E-state index in [0.29, 0.717) is 5.82 Å². The highest BCUT2D eigenvalue weighted by Gasteiger charge is 2.12. The first kappa shape index (κ1) is 23.1. The van der Waals surface area contributed by atoms with Crippen LogP contribution in [0.4, 0.5) is 0 Å². The molecule has 0 N–H and O–H groups in total. The number of rotatable bonds is 5. The van der Waals surface area contributed by atoms with Crippen molar-refractivity contribution in [2.45, 2.75) is 0 Å². The first-order valence-electron chi connectivity index (χ1n) is 12.2. The number of aromatic nitrogens is 2. The van der Waals surface area contributed by atoms with Crippen LogP contribution in [0.1, 0.15) is 0 Å². The summed E-state index contributed by atoms with van der Waals surface area (Å²) in [5.41, 5.74) is 9.54. The SMILES string of the molecule is Brc1ccc(-c2cc(-c3cccc(-c4ccccc4)c3)nc(-c3cccc(-c4ccccc4)c3)n2)cc1. The van der Waals surface area contributed by atoms with Crippen LogP contribution in [0, 0.1) is 0 Å². The number of hydrogen-bond donors (Lipinski definition) is 0. The molecule has 5 aromatic carbocycles. The molecule has 0 bridgehead atoms. The van der Waals surface area contributed by atoms with Crippen LogP contribution in [0.2, 0.25) is 0 Å². The standard InChI is InChI=1S/C34H23BrN2/c35-31-19-17-26(18-20-31)32-23-33(29-15-7-13-27(21-29)24-9-3-1-4-10-24)37-34(36-32)30-16-8-14-28(22-30)25-11-5-2-6-12-25/h1-23H. The molecule has 176 valence electrons. The average molecular weight is 539 g/mol. The summed E-state index contributed by atoms with van der Waals surface area (Å²) in [7, 11) is 0. The summed E-state index contributed by atoms with van der Waals surface area (Å²) in [6.45, 7) is 0. The highest BCUT2D eigenvalue weighted by molar-refractivity contribution is 9.10. The van der Waals surface area contributed by atoms with Crippen molar-refractivity contribution in [3.63, 3.8) is 0 Å². The van der Waals surface area contributed by atoms with E-state index >= 15 is 0 Å². The summed E-state index contributed by atoms with van der Waals surface area (Å²) in [6.07, 6.45) is 0. The second-order valence-corrected chi connectivity index (χ2v) is 9.78. The third kappa shape index (κ3) is 5.13. The number of hydrogen-bond acceptors (Lipinski definition) is 2. The molecule has 0 amide bonds. The van der Waals surface area contributed by atoms with E-state index in [0.717, 1.165) is 43.7 Å². The van der Waals surface area contributed by atoms with Crippen LogP contribution in [-0.2, 0) is 0 Å². The molecule has 0 aliphatic heterocycles. The van der Waals surface area contributed by atoms with Gasteiger partial charge in [-0.2, -0.15) is 0 Å². The molecule has 0 aliphatic carbocycles. The fourth-order valence-corrected chi connectivity index (χ4v) is 4.71. The zero-order valence-corrected chi connectivity index (χ0v) is 21.6. The Balaban J connectivity index is 1.50. The quantitative estimate of drug-likeness (QED) is 0.218. The molecule has 0 spiro atoms.